The molecule has 0 saturated carbocycles. The zero-order valence-electron chi connectivity index (χ0n) is 18.6. The summed E-state index contributed by atoms with van der Waals surface area (Å²) in [7, 11) is 0. The largest absolute Gasteiger partial charge is 0.459 e. The van der Waals surface area contributed by atoms with Crippen LogP contribution in [0.3, 0.4) is 0 Å². The molecule has 1 rings (SSSR count). The molecule has 0 aromatic carbocycles. The molecule has 0 aromatic heterocycles. The number of hydrogen-bond donors (Lipinski definition) is 2. The Kier molecular flexibility index (Phi) is 12.9. The van der Waals surface area contributed by atoms with E-state index in [1.165, 1.54) is 19.3 Å². The minimum Gasteiger partial charge on any atom is -0.459 e. The Morgan fingerprint density at radius 3 is 2.45 bits per heavy atom. The Morgan fingerprint density at radius 1 is 1.17 bits per heavy atom. The summed E-state index contributed by atoms with van der Waals surface area (Å²) in [5.74, 6) is -0.309. The summed E-state index contributed by atoms with van der Waals surface area (Å²) in [5.41, 5.74) is 5.50. The van der Waals surface area contributed by atoms with Gasteiger partial charge in [-0.05, 0) is 27.2 Å². The predicted octanol–water partition coefficient (Wildman–Crippen LogP) is 3.51. The second-order valence-electron chi connectivity index (χ2n) is 8.75. The summed E-state index contributed by atoms with van der Waals surface area (Å²) in [6, 6.07) is -1.24. The quantitative estimate of drug-likeness (QED) is 0.254. The summed E-state index contributed by atoms with van der Waals surface area (Å²) < 4.78 is 37.1. The molecule has 6 nitrogen and oxygen atoms in total. The minimum atomic E-state index is -0.743. The van der Waals surface area contributed by atoms with Crippen molar-refractivity contribution in [2.24, 2.45) is 0 Å². The Balaban J connectivity index is 2.53. The molecule has 29 heavy (non-hydrogen) atoms. The number of nitrogens with zero attached hydrogens (tertiary/aromatic N) is 1. The lowest BCUT2D eigenvalue weighted by Crippen LogP contribution is -2.59. The Morgan fingerprint density at radius 2 is 1.83 bits per heavy atom. The van der Waals surface area contributed by atoms with Gasteiger partial charge in [0.05, 0.1) is 12.6 Å². The van der Waals surface area contributed by atoms with Crippen molar-refractivity contribution in [2.75, 3.05) is 33.0 Å². The molecule has 0 aliphatic carbocycles. The van der Waals surface area contributed by atoms with Crippen molar-refractivity contribution in [3.63, 3.8) is 0 Å². The van der Waals surface area contributed by atoms with E-state index < -0.39 is 37.3 Å². The van der Waals surface area contributed by atoms with Crippen LogP contribution in [0.5, 0.6) is 0 Å². The molecule has 0 amide bonds. The van der Waals surface area contributed by atoms with Gasteiger partial charge in [0.25, 0.3) is 0 Å². The van der Waals surface area contributed by atoms with Gasteiger partial charge in [-0.1, -0.05) is 45.4 Å². The van der Waals surface area contributed by atoms with Gasteiger partial charge in [0.15, 0.2) is 0 Å². The van der Waals surface area contributed by atoms with Crippen LogP contribution < -0.4 is 10.9 Å². The van der Waals surface area contributed by atoms with Crippen molar-refractivity contribution < 1.29 is 23.0 Å². The van der Waals surface area contributed by atoms with E-state index in [2.05, 4.69) is 17.8 Å². The van der Waals surface area contributed by atoms with Crippen molar-refractivity contribution in [1.29, 1.82) is 0 Å². The van der Waals surface area contributed by atoms with Crippen molar-refractivity contribution in [3.8, 4) is 0 Å². The van der Waals surface area contributed by atoms with Crippen molar-refractivity contribution in [2.45, 2.75) is 96.6 Å². The summed E-state index contributed by atoms with van der Waals surface area (Å²) >= 11 is 0. The number of ether oxygens (including phenoxy) is 2. The summed E-state index contributed by atoms with van der Waals surface area (Å²) in [6.07, 6.45) is 7.03. The molecule has 2 unspecified atom stereocenters. The molecule has 0 radical (unpaired) electrons. The maximum atomic E-state index is 13.0. The van der Waals surface area contributed by atoms with E-state index in [0.717, 1.165) is 19.3 Å². The van der Waals surface area contributed by atoms with Gasteiger partial charge in [-0.2, -0.15) is 0 Å². The van der Waals surface area contributed by atoms with Gasteiger partial charge in [0, 0.05) is 13.1 Å². The van der Waals surface area contributed by atoms with Crippen LogP contribution in [0.1, 0.15) is 72.6 Å². The number of hydrazine groups is 1. The standard InChI is InChI=1S/C21H41F2N3O3/c1-5-6-7-8-9-10-11-18(20(27)29-21(2,3)4)24-25-19-16-26(12-13-28-19)17(14-22)15-23/h17-19,24-25H,5-16H2,1-4H3. The monoisotopic (exact) mass is 421 g/mol. The van der Waals surface area contributed by atoms with Crippen LogP contribution in [0.2, 0.25) is 0 Å². The van der Waals surface area contributed by atoms with E-state index in [0.29, 0.717) is 26.1 Å². The van der Waals surface area contributed by atoms with Gasteiger partial charge in [-0.3, -0.25) is 9.69 Å². The fraction of sp³-hybridized carbons (Fsp3) is 0.952. The zero-order valence-corrected chi connectivity index (χ0v) is 18.6. The zero-order chi connectivity index (χ0) is 21.7. The first kappa shape index (κ1) is 26.2. The molecule has 1 aliphatic rings. The molecule has 2 atom stereocenters. The second kappa shape index (κ2) is 14.2. The predicted molar refractivity (Wildman–Crippen MR) is 111 cm³/mol. The highest BCUT2D eigenvalue weighted by Crippen LogP contribution is 2.14. The lowest BCUT2D eigenvalue weighted by atomic mass is 10.1. The minimum absolute atomic E-state index is 0.309. The number of morpholine rings is 1. The third-order valence-corrected chi connectivity index (χ3v) is 4.93. The number of rotatable bonds is 14. The molecule has 0 aromatic rings. The van der Waals surface area contributed by atoms with Crippen LogP contribution in [0.25, 0.3) is 0 Å². The fourth-order valence-electron chi connectivity index (χ4n) is 3.27. The number of nitrogens with one attached hydrogen (secondary N) is 2. The van der Waals surface area contributed by atoms with Crippen LogP contribution in [0, 0.1) is 0 Å². The number of hydrogen-bond acceptors (Lipinski definition) is 6. The molecule has 0 bridgehead atoms. The maximum absolute atomic E-state index is 13.0. The summed E-state index contributed by atoms with van der Waals surface area (Å²) in [6.45, 7) is 7.48. The smallest absolute Gasteiger partial charge is 0.325 e. The highest BCUT2D eigenvalue weighted by Gasteiger charge is 2.29. The first-order valence-corrected chi connectivity index (χ1v) is 11.0. The SMILES string of the molecule is CCCCCCCCC(NNC1CN(C(CF)CF)CCO1)C(=O)OC(C)(C)C. The van der Waals surface area contributed by atoms with E-state index in [4.69, 9.17) is 9.47 Å². The van der Waals surface area contributed by atoms with E-state index >= 15 is 0 Å². The van der Waals surface area contributed by atoms with Gasteiger partial charge >= 0.3 is 5.97 Å². The molecule has 1 heterocycles. The first-order chi connectivity index (χ1) is 13.8. The van der Waals surface area contributed by atoms with Gasteiger partial charge in [0.2, 0.25) is 0 Å². The van der Waals surface area contributed by atoms with Gasteiger partial charge in [-0.25, -0.2) is 19.6 Å². The Bertz CT molecular complexity index is 445. The van der Waals surface area contributed by atoms with Gasteiger partial charge in [0.1, 0.15) is 31.2 Å². The van der Waals surface area contributed by atoms with E-state index in [-0.39, 0.29) is 5.97 Å². The van der Waals surface area contributed by atoms with Crippen LogP contribution in [-0.2, 0) is 14.3 Å². The molecule has 8 heteroatoms. The van der Waals surface area contributed by atoms with Crippen LogP contribution >= 0.6 is 0 Å². The number of esters is 1. The number of carbonyl (C=O) groups is 1. The molecule has 172 valence electrons. The Labute approximate surface area is 175 Å². The van der Waals surface area contributed by atoms with Crippen molar-refractivity contribution >= 4 is 5.97 Å². The maximum Gasteiger partial charge on any atom is 0.325 e. The third-order valence-electron chi connectivity index (χ3n) is 4.93. The third kappa shape index (κ3) is 11.2. The molecule has 1 fully saturated rings. The van der Waals surface area contributed by atoms with Gasteiger partial charge in [-0.15, -0.1) is 0 Å². The van der Waals surface area contributed by atoms with E-state index in [1.54, 1.807) is 4.90 Å². The van der Waals surface area contributed by atoms with Crippen LogP contribution in [0.4, 0.5) is 8.78 Å². The normalized spacial score (nSPS) is 19.5. The summed E-state index contributed by atoms with van der Waals surface area (Å²) in [4.78, 5) is 14.3. The second-order valence-corrected chi connectivity index (χ2v) is 8.75. The molecule has 1 saturated heterocycles. The molecular weight excluding hydrogens is 380 g/mol. The summed E-state index contributed by atoms with van der Waals surface area (Å²) in [5, 5.41) is 0. The highest BCUT2D eigenvalue weighted by atomic mass is 19.1. The topological polar surface area (TPSA) is 62.8 Å². The molecule has 2 N–H and O–H groups in total. The van der Waals surface area contributed by atoms with Crippen molar-refractivity contribution in [3.05, 3.63) is 0 Å². The number of carbonyl (C=O) groups excluding carboxylic acids is 1. The lowest BCUT2D eigenvalue weighted by molar-refractivity contribution is -0.158. The number of halogens is 2. The van der Waals surface area contributed by atoms with E-state index in [9.17, 15) is 13.6 Å². The molecule has 1 aliphatic heterocycles. The first-order valence-electron chi connectivity index (χ1n) is 11.0. The highest BCUT2D eigenvalue weighted by molar-refractivity contribution is 5.76. The van der Waals surface area contributed by atoms with Crippen LogP contribution in [0.15, 0.2) is 0 Å². The Hall–Kier alpha value is -0.830. The van der Waals surface area contributed by atoms with E-state index in [1.807, 2.05) is 20.8 Å². The average molecular weight is 422 g/mol. The lowest BCUT2D eigenvalue weighted by Gasteiger charge is -2.37. The number of unbranched alkanes of at least 4 members (excludes halogenated alkanes) is 5. The molecular formula is C21H41F2N3O3. The van der Waals surface area contributed by atoms with Gasteiger partial charge < -0.3 is 9.47 Å². The molecule has 0 spiro atoms. The average Bonchev–Trinajstić information content (AvgIpc) is 2.66. The fourth-order valence-corrected chi connectivity index (χ4v) is 3.27. The van der Waals surface area contributed by atoms with Crippen molar-refractivity contribution in [1.82, 2.24) is 15.8 Å². The number of alkyl halides is 2. The van der Waals surface area contributed by atoms with Crippen LogP contribution in [-0.4, -0.2) is 67.8 Å².